The van der Waals surface area contributed by atoms with Crippen molar-refractivity contribution < 1.29 is 14.4 Å². The Balaban J connectivity index is 1.65. The highest BCUT2D eigenvalue weighted by Gasteiger charge is 2.25. The van der Waals surface area contributed by atoms with E-state index in [2.05, 4.69) is 10.6 Å². The first-order valence-corrected chi connectivity index (χ1v) is 8.06. The van der Waals surface area contributed by atoms with E-state index in [9.17, 15) is 9.59 Å². The number of carbonyl (C=O) groups is 2. The number of hydrazone groups is 1. The SMILES string of the molecule is Cc1cccc(N2N=C(C(=O)NOCc3ccccc3)CCC2=O)c1. The summed E-state index contributed by atoms with van der Waals surface area (Å²) in [5.74, 6) is -0.562. The second-order valence-electron chi connectivity index (χ2n) is 5.80. The Morgan fingerprint density at radius 1 is 1.16 bits per heavy atom. The second kappa shape index (κ2) is 7.72. The van der Waals surface area contributed by atoms with Gasteiger partial charge in [-0.3, -0.25) is 14.4 Å². The quantitative estimate of drug-likeness (QED) is 0.853. The normalized spacial score (nSPS) is 14.2. The van der Waals surface area contributed by atoms with Crippen molar-refractivity contribution in [3.8, 4) is 0 Å². The standard InChI is InChI=1S/C19H19N3O3/c1-14-6-5-9-16(12-14)22-18(23)11-10-17(20-22)19(24)21-25-13-15-7-3-2-4-8-15/h2-9,12H,10-11,13H2,1H3,(H,21,24). The lowest BCUT2D eigenvalue weighted by Gasteiger charge is -2.23. The van der Waals surface area contributed by atoms with Crippen LogP contribution in [0.4, 0.5) is 5.69 Å². The largest absolute Gasteiger partial charge is 0.291 e. The van der Waals surface area contributed by atoms with Crippen molar-refractivity contribution in [2.24, 2.45) is 5.10 Å². The molecule has 2 aromatic carbocycles. The number of hydrogen-bond donors (Lipinski definition) is 1. The summed E-state index contributed by atoms with van der Waals surface area (Å²) in [5.41, 5.74) is 5.28. The van der Waals surface area contributed by atoms with E-state index in [4.69, 9.17) is 4.84 Å². The van der Waals surface area contributed by atoms with Crippen molar-refractivity contribution in [3.63, 3.8) is 0 Å². The van der Waals surface area contributed by atoms with Crippen molar-refractivity contribution in [2.45, 2.75) is 26.4 Å². The third-order valence-electron chi connectivity index (χ3n) is 3.79. The average Bonchev–Trinajstić information content (AvgIpc) is 2.63. The van der Waals surface area contributed by atoms with Gasteiger partial charge in [0.2, 0.25) is 5.91 Å². The molecule has 6 nitrogen and oxygen atoms in total. The molecule has 0 saturated heterocycles. The average molecular weight is 337 g/mol. The molecule has 1 N–H and O–H groups in total. The molecule has 0 bridgehead atoms. The number of rotatable bonds is 5. The highest BCUT2D eigenvalue weighted by molar-refractivity contribution is 6.40. The maximum Gasteiger partial charge on any atom is 0.291 e. The molecule has 0 unspecified atom stereocenters. The molecule has 0 saturated carbocycles. The number of anilines is 1. The molecule has 25 heavy (non-hydrogen) atoms. The smallest absolute Gasteiger partial charge is 0.273 e. The number of carbonyl (C=O) groups excluding carboxylic acids is 2. The molecule has 1 aliphatic heterocycles. The summed E-state index contributed by atoms with van der Waals surface area (Å²) in [5, 5.41) is 5.49. The van der Waals surface area contributed by atoms with Crippen LogP contribution in [0.3, 0.4) is 0 Å². The molecule has 6 heteroatoms. The zero-order valence-electron chi connectivity index (χ0n) is 13.9. The number of aryl methyl sites for hydroxylation is 1. The van der Waals surface area contributed by atoms with Gasteiger partial charge < -0.3 is 0 Å². The molecule has 0 radical (unpaired) electrons. The van der Waals surface area contributed by atoms with Gasteiger partial charge in [0.1, 0.15) is 5.71 Å². The summed E-state index contributed by atoms with van der Waals surface area (Å²) in [6, 6.07) is 17.0. The van der Waals surface area contributed by atoms with Crippen LogP contribution in [0, 0.1) is 6.92 Å². The minimum Gasteiger partial charge on any atom is -0.273 e. The fourth-order valence-corrected chi connectivity index (χ4v) is 2.50. The van der Waals surface area contributed by atoms with Gasteiger partial charge in [-0.1, -0.05) is 42.5 Å². The summed E-state index contributed by atoms with van der Waals surface area (Å²) < 4.78 is 0. The first-order chi connectivity index (χ1) is 12.1. The minimum atomic E-state index is -0.430. The van der Waals surface area contributed by atoms with Crippen LogP contribution < -0.4 is 10.5 Å². The monoisotopic (exact) mass is 337 g/mol. The number of benzene rings is 2. The van der Waals surface area contributed by atoms with Gasteiger partial charge in [-0.25, -0.2) is 10.5 Å². The number of nitrogens with one attached hydrogen (secondary N) is 1. The Hall–Kier alpha value is -2.99. The first kappa shape index (κ1) is 16.9. The molecule has 1 aliphatic rings. The molecule has 2 amide bonds. The lowest BCUT2D eigenvalue weighted by atomic mass is 10.1. The lowest BCUT2D eigenvalue weighted by Crippen LogP contribution is -2.39. The number of hydrogen-bond acceptors (Lipinski definition) is 4. The summed E-state index contributed by atoms with van der Waals surface area (Å²) in [7, 11) is 0. The van der Waals surface area contributed by atoms with Crippen LogP contribution >= 0.6 is 0 Å². The van der Waals surface area contributed by atoms with E-state index in [1.807, 2.05) is 55.5 Å². The van der Waals surface area contributed by atoms with Gasteiger partial charge in [-0.05, 0) is 30.2 Å². The van der Waals surface area contributed by atoms with Crippen molar-refractivity contribution >= 4 is 23.2 Å². The molecule has 0 atom stereocenters. The van der Waals surface area contributed by atoms with Gasteiger partial charge in [-0.15, -0.1) is 0 Å². The van der Waals surface area contributed by atoms with E-state index < -0.39 is 5.91 Å². The fraction of sp³-hybridized carbons (Fsp3) is 0.211. The van der Waals surface area contributed by atoms with Gasteiger partial charge >= 0.3 is 0 Å². The fourth-order valence-electron chi connectivity index (χ4n) is 2.50. The molecule has 3 rings (SSSR count). The van der Waals surface area contributed by atoms with Crippen LogP contribution in [0.15, 0.2) is 59.7 Å². The van der Waals surface area contributed by atoms with Crippen LogP contribution in [0.2, 0.25) is 0 Å². The highest BCUT2D eigenvalue weighted by Crippen LogP contribution is 2.21. The molecule has 0 aromatic heterocycles. The Morgan fingerprint density at radius 2 is 1.96 bits per heavy atom. The third-order valence-corrected chi connectivity index (χ3v) is 3.79. The molecule has 1 heterocycles. The number of nitrogens with zero attached hydrogens (tertiary/aromatic N) is 2. The van der Waals surface area contributed by atoms with Crippen LogP contribution in [0.5, 0.6) is 0 Å². The van der Waals surface area contributed by atoms with Crippen LogP contribution in [-0.4, -0.2) is 17.5 Å². The highest BCUT2D eigenvalue weighted by atomic mass is 16.6. The lowest BCUT2D eigenvalue weighted by molar-refractivity contribution is -0.127. The van der Waals surface area contributed by atoms with E-state index in [0.29, 0.717) is 12.1 Å². The van der Waals surface area contributed by atoms with Gasteiger partial charge in [-0.2, -0.15) is 5.10 Å². The van der Waals surface area contributed by atoms with Crippen LogP contribution in [0.25, 0.3) is 0 Å². The maximum atomic E-state index is 12.2. The van der Waals surface area contributed by atoms with E-state index in [-0.39, 0.29) is 24.6 Å². The van der Waals surface area contributed by atoms with Crippen LogP contribution in [-0.2, 0) is 21.0 Å². The number of amides is 2. The van der Waals surface area contributed by atoms with Crippen LogP contribution in [0.1, 0.15) is 24.0 Å². The van der Waals surface area contributed by atoms with Gasteiger partial charge in [0.15, 0.2) is 0 Å². The van der Waals surface area contributed by atoms with Crippen molar-refractivity contribution in [1.29, 1.82) is 0 Å². The number of hydroxylamine groups is 1. The van der Waals surface area contributed by atoms with E-state index >= 15 is 0 Å². The second-order valence-corrected chi connectivity index (χ2v) is 5.80. The molecule has 0 fully saturated rings. The van der Waals surface area contributed by atoms with E-state index in [1.54, 1.807) is 6.07 Å². The molecule has 0 aliphatic carbocycles. The molecular weight excluding hydrogens is 318 g/mol. The molecular formula is C19H19N3O3. The van der Waals surface area contributed by atoms with E-state index in [1.165, 1.54) is 5.01 Å². The van der Waals surface area contributed by atoms with Crippen molar-refractivity contribution in [1.82, 2.24) is 5.48 Å². The van der Waals surface area contributed by atoms with Gasteiger partial charge in [0, 0.05) is 12.8 Å². The first-order valence-electron chi connectivity index (χ1n) is 8.06. The summed E-state index contributed by atoms with van der Waals surface area (Å²) in [4.78, 5) is 29.6. The molecule has 128 valence electrons. The zero-order valence-corrected chi connectivity index (χ0v) is 13.9. The Bertz CT molecular complexity index is 803. The molecule has 2 aromatic rings. The van der Waals surface area contributed by atoms with Crippen molar-refractivity contribution in [3.05, 3.63) is 65.7 Å². The minimum absolute atomic E-state index is 0.132. The predicted octanol–water partition coefficient (Wildman–Crippen LogP) is 2.73. The van der Waals surface area contributed by atoms with Crippen molar-refractivity contribution in [2.75, 3.05) is 5.01 Å². The Morgan fingerprint density at radius 3 is 2.72 bits per heavy atom. The maximum absolute atomic E-state index is 12.2. The summed E-state index contributed by atoms with van der Waals surface area (Å²) in [6.07, 6.45) is 0.528. The van der Waals surface area contributed by atoms with Gasteiger partial charge in [0.05, 0.1) is 12.3 Å². The Kier molecular flexibility index (Phi) is 5.20. The van der Waals surface area contributed by atoms with Gasteiger partial charge in [0.25, 0.3) is 5.91 Å². The third kappa shape index (κ3) is 4.30. The molecule has 0 spiro atoms. The summed E-state index contributed by atoms with van der Waals surface area (Å²) >= 11 is 0. The van der Waals surface area contributed by atoms with E-state index in [0.717, 1.165) is 11.1 Å². The Labute approximate surface area is 146 Å². The predicted molar refractivity (Wildman–Crippen MR) is 94.7 cm³/mol. The topological polar surface area (TPSA) is 71.0 Å². The summed E-state index contributed by atoms with van der Waals surface area (Å²) in [6.45, 7) is 2.20. The zero-order chi connectivity index (χ0) is 17.6.